The van der Waals surface area contributed by atoms with Gasteiger partial charge in [-0.05, 0) is 54.5 Å². The second-order valence-corrected chi connectivity index (χ2v) is 6.30. The smallest absolute Gasteiger partial charge is 0.230 e. The average Bonchev–Trinajstić information content (AvgIpc) is 2.96. The number of rotatable bonds is 7. The number of amides is 1. The predicted molar refractivity (Wildman–Crippen MR) is 88.8 cm³/mol. The number of nitrogens with zero attached hydrogens (tertiary/aromatic N) is 4. The number of carbonyl (C=O) groups excluding carboxylic acids is 1. The number of aryl methyl sites for hydroxylation is 2. The van der Waals surface area contributed by atoms with E-state index in [4.69, 9.17) is 4.74 Å². The third kappa shape index (κ3) is 4.77. The zero-order chi connectivity index (χ0) is 16.8. The van der Waals surface area contributed by atoms with Gasteiger partial charge in [0, 0.05) is 13.2 Å². The molecule has 8 heteroatoms. The zero-order valence-corrected chi connectivity index (χ0v) is 14.6. The van der Waals surface area contributed by atoms with Crippen LogP contribution >= 0.6 is 11.8 Å². The maximum absolute atomic E-state index is 11.9. The minimum absolute atomic E-state index is 0.0242. The first-order valence-corrected chi connectivity index (χ1v) is 8.27. The Morgan fingerprint density at radius 2 is 2.17 bits per heavy atom. The van der Waals surface area contributed by atoms with E-state index < -0.39 is 0 Å². The van der Waals surface area contributed by atoms with Crippen molar-refractivity contribution in [2.24, 2.45) is 0 Å². The van der Waals surface area contributed by atoms with Crippen molar-refractivity contribution in [3.8, 4) is 5.69 Å². The molecule has 0 aliphatic heterocycles. The Morgan fingerprint density at radius 1 is 1.39 bits per heavy atom. The van der Waals surface area contributed by atoms with Crippen LogP contribution in [0.15, 0.2) is 23.4 Å². The topological polar surface area (TPSA) is 81.9 Å². The molecule has 1 aromatic carbocycles. The molecular weight excluding hydrogens is 314 g/mol. The first-order valence-electron chi connectivity index (χ1n) is 7.28. The molecule has 0 aliphatic rings. The lowest BCUT2D eigenvalue weighted by Gasteiger charge is -2.12. The van der Waals surface area contributed by atoms with Crippen molar-refractivity contribution < 1.29 is 9.53 Å². The quantitative estimate of drug-likeness (QED) is 0.773. The van der Waals surface area contributed by atoms with Crippen LogP contribution in [0.25, 0.3) is 5.69 Å². The van der Waals surface area contributed by atoms with Gasteiger partial charge in [-0.25, -0.2) is 0 Å². The highest BCUT2D eigenvalue weighted by molar-refractivity contribution is 7.99. The molecule has 1 amide bonds. The molecule has 0 saturated heterocycles. The van der Waals surface area contributed by atoms with Gasteiger partial charge in [0.2, 0.25) is 11.1 Å². The van der Waals surface area contributed by atoms with E-state index in [2.05, 4.69) is 27.8 Å². The summed E-state index contributed by atoms with van der Waals surface area (Å²) in [6, 6.07) is 5.99. The first kappa shape index (κ1) is 17.4. The van der Waals surface area contributed by atoms with E-state index in [9.17, 15) is 4.79 Å². The monoisotopic (exact) mass is 335 g/mol. The van der Waals surface area contributed by atoms with Crippen LogP contribution < -0.4 is 5.32 Å². The highest BCUT2D eigenvalue weighted by Crippen LogP contribution is 2.19. The molecule has 0 radical (unpaired) electrons. The summed E-state index contributed by atoms with van der Waals surface area (Å²) in [7, 11) is 1.61. The number of tetrazole rings is 1. The van der Waals surface area contributed by atoms with Crippen LogP contribution in [-0.4, -0.2) is 51.6 Å². The molecule has 1 N–H and O–H groups in total. The molecule has 124 valence electrons. The number of thioether (sulfide) groups is 1. The lowest BCUT2D eigenvalue weighted by Crippen LogP contribution is -2.36. The number of nitrogens with one attached hydrogen (secondary N) is 1. The van der Waals surface area contributed by atoms with E-state index in [1.807, 2.05) is 32.0 Å². The molecule has 7 nitrogen and oxygen atoms in total. The van der Waals surface area contributed by atoms with Gasteiger partial charge in [0.25, 0.3) is 0 Å². The maximum Gasteiger partial charge on any atom is 0.230 e. The third-order valence-corrected chi connectivity index (χ3v) is 4.25. The lowest BCUT2D eigenvalue weighted by molar-refractivity contribution is -0.119. The summed E-state index contributed by atoms with van der Waals surface area (Å²) in [4.78, 5) is 11.9. The molecule has 0 fully saturated rings. The Balaban J connectivity index is 2.01. The number of methoxy groups -OCH3 is 1. The van der Waals surface area contributed by atoms with E-state index in [0.717, 1.165) is 5.69 Å². The van der Waals surface area contributed by atoms with E-state index >= 15 is 0 Å². The normalized spacial score (nSPS) is 12.2. The van der Waals surface area contributed by atoms with Crippen molar-refractivity contribution in [1.29, 1.82) is 0 Å². The highest BCUT2D eigenvalue weighted by atomic mass is 32.2. The molecule has 1 unspecified atom stereocenters. The second-order valence-electron chi connectivity index (χ2n) is 5.35. The van der Waals surface area contributed by atoms with Crippen molar-refractivity contribution in [1.82, 2.24) is 25.5 Å². The Morgan fingerprint density at radius 3 is 2.87 bits per heavy atom. The van der Waals surface area contributed by atoms with E-state index in [1.54, 1.807) is 11.8 Å². The molecule has 1 heterocycles. The summed E-state index contributed by atoms with van der Waals surface area (Å²) in [6.45, 7) is 6.47. The minimum atomic E-state index is -0.0748. The minimum Gasteiger partial charge on any atom is -0.383 e. The number of hydrogen-bond acceptors (Lipinski definition) is 6. The third-order valence-electron chi connectivity index (χ3n) is 3.33. The average molecular weight is 335 g/mol. The van der Waals surface area contributed by atoms with E-state index in [0.29, 0.717) is 11.8 Å². The molecule has 0 spiro atoms. The van der Waals surface area contributed by atoms with Gasteiger partial charge >= 0.3 is 0 Å². The molecule has 2 rings (SSSR count). The van der Waals surface area contributed by atoms with E-state index in [-0.39, 0.29) is 17.7 Å². The van der Waals surface area contributed by atoms with Crippen LogP contribution in [0.2, 0.25) is 0 Å². The summed E-state index contributed by atoms with van der Waals surface area (Å²) in [5.74, 6) is 0.174. The first-order chi connectivity index (χ1) is 11.0. The zero-order valence-electron chi connectivity index (χ0n) is 13.7. The lowest BCUT2D eigenvalue weighted by atomic mass is 10.1. The van der Waals surface area contributed by atoms with Gasteiger partial charge in [0.05, 0.1) is 18.0 Å². The fourth-order valence-electron chi connectivity index (χ4n) is 2.03. The predicted octanol–water partition coefficient (Wildman–Crippen LogP) is 1.52. The Hall–Kier alpha value is -1.93. The van der Waals surface area contributed by atoms with Crippen molar-refractivity contribution in [2.45, 2.75) is 32.0 Å². The Labute approximate surface area is 139 Å². The Bertz CT molecular complexity index is 674. The molecule has 2 aromatic rings. The largest absolute Gasteiger partial charge is 0.383 e. The summed E-state index contributed by atoms with van der Waals surface area (Å²) in [5.41, 5.74) is 3.26. The van der Waals surface area contributed by atoms with Crippen LogP contribution in [-0.2, 0) is 9.53 Å². The fraction of sp³-hybridized carbons (Fsp3) is 0.467. The number of aromatic nitrogens is 4. The van der Waals surface area contributed by atoms with Crippen molar-refractivity contribution in [3.63, 3.8) is 0 Å². The summed E-state index contributed by atoms with van der Waals surface area (Å²) in [5, 5.41) is 15.2. The van der Waals surface area contributed by atoms with Gasteiger partial charge in [0.15, 0.2) is 0 Å². The van der Waals surface area contributed by atoms with Crippen LogP contribution in [0.1, 0.15) is 18.1 Å². The van der Waals surface area contributed by atoms with Crippen molar-refractivity contribution in [2.75, 3.05) is 19.5 Å². The molecule has 0 bridgehead atoms. The molecule has 1 atom stereocenters. The van der Waals surface area contributed by atoms with Gasteiger partial charge in [-0.15, -0.1) is 5.10 Å². The molecule has 0 saturated carbocycles. The summed E-state index contributed by atoms with van der Waals surface area (Å²) >= 11 is 1.30. The van der Waals surface area contributed by atoms with Gasteiger partial charge in [-0.3, -0.25) is 4.79 Å². The van der Waals surface area contributed by atoms with Gasteiger partial charge in [-0.2, -0.15) is 4.68 Å². The summed E-state index contributed by atoms with van der Waals surface area (Å²) < 4.78 is 6.64. The fourth-order valence-corrected chi connectivity index (χ4v) is 2.73. The van der Waals surface area contributed by atoms with Crippen molar-refractivity contribution in [3.05, 3.63) is 29.3 Å². The molecular formula is C15H21N5O2S. The molecule has 23 heavy (non-hydrogen) atoms. The molecule has 0 aliphatic carbocycles. The summed E-state index contributed by atoms with van der Waals surface area (Å²) in [6.07, 6.45) is 0. The second kappa shape index (κ2) is 8.07. The van der Waals surface area contributed by atoms with Gasteiger partial charge < -0.3 is 10.1 Å². The SMILES string of the molecule is COCC(C)NC(=O)CSc1nnnn1-c1ccc(C)c(C)c1. The van der Waals surface area contributed by atoms with Gasteiger partial charge in [0.1, 0.15) is 0 Å². The number of benzene rings is 1. The van der Waals surface area contributed by atoms with E-state index in [1.165, 1.54) is 22.9 Å². The van der Waals surface area contributed by atoms with Gasteiger partial charge in [-0.1, -0.05) is 17.8 Å². The number of ether oxygens (including phenoxy) is 1. The van der Waals surface area contributed by atoms with Crippen molar-refractivity contribution >= 4 is 17.7 Å². The van der Waals surface area contributed by atoms with Crippen LogP contribution in [0, 0.1) is 13.8 Å². The van der Waals surface area contributed by atoms with Crippen LogP contribution in [0.4, 0.5) is 0 Å². The maximum atomic E-state index is 11.9. The highest BCUT2D eigenvalue weighted by Gasteiger charge is 2.13. The Kier molecular flexibility index (Phi) is 6.12. The molecule has 1 aromatic heterocycles. The standard InChI is InChI=1S/C15H21N5O2S/c1-10-5-6-13(7-11(10)2)20-15(17-18-19-20)23-9-14(21)16-12(3)8-22-4/h5-7,12H,8-9H2,1-4H3,(H,16,21). The number of carbonyl (C=O) groups is 1. The number of hydrogen-bond donors (Lipinski definition) is 1. The van der Waals surface area contributed by atoms with Crippen LogP contribution in [0.3, 0.4) is 0 Å². The van der Waals surface area contributed by atoms with Crippen LogP contribution in [0.5, 0.6) is 0 Å².